The second-order valence-electron chi connectivity index (χ2n) is 3.61. The fraction of sp³-hybridized carbons (Fsp3) is 0.167. The molecule has 0 saturated heterocycles. The van der Waals surface area contributed by atoms with Crippen LogP contribution in [0.3, 0.4) is 0 Å². The summed E-state index contributed by atoms with van der Waals surface area (Å²) in [6.45, 7) is 0. The molecule has 2 rings (SSSR count). The maximum atomic E-state index is 6.13. The summed E-state index contributed by atoms with van der Waals surface area (Å²) in [5.74, 6) is 1.50. The summed E-state index contributed by atoms with van der Waals surface area (Å²) < 4.78 is 0.976. The highest BCUT2D eigenvalue weighted by molar-refractivity contribution is 14.1. The van der Waals surface area contributed by atoms with Gasteiger partial charge >= 0.3 is 0 Å². The Morgan fingerprint density at radius 1 is 1.28 bits per heavy atom. The average Bonchev–Trinajstić information content (AvgIpc) is 2.36. The van der Waals surface area contributed by atoms with Gasteiger partial charge in [-0.25, -0.2) is 9.97 Å². The van der Waals surface area contributed by atoms with Crippen LogP contribution in [0.25, 0.3) is 0 Å². The van der Waals surface area contributed by atoms with Gasteiger partial charge in [-0.05, 0) is 40.3 Å². The smallest absolute Gasteiger partial charge is 0.142 e. The predicted molar refractivity (Wildman–Crippen MR) is 83.6 cm³/mol. The van der Waals surface area contributed by atoms with Gasteiger partial charge in [0.25, 0.3) is 0 Å². The van der Waals surface area contributed by atoms with Crippen molar-refractivity contribution in [3.63, 3.8) is 0 Å². The number of anilines is 1. The van der Waals surface area contributed by atoms with E-state index in [4.69, 9.17) is 23.2 Å². The Balaban J connectivity index is 2.34. The van der Waals surface area contributed by atoms with Crippen LogP contribution in [0.5, 0.6) is 0 Å². The molecule has 0 radical (unpaired) electrons. The van der Waals surface area contributed by atoms with Crippen LogP contribution in [0.4, 0.5) is 5.82 Å². The number of hydrogen-bond donors (Lipinski definition) is 1. The molecule has 0 saturated carbocycles. The minimum atomic E-state index is 0.518. The van der Waals surface area contributed by atoms with E-state index in [0.717, 1.165) is 15.0 Å². The van der Waals surface area contributed by atoms with Crippen LogP contribution < -0.4 is 5.32 Å². The van der Waals surface area contributed by atoms with E-state index >= 15 is 0 Å². The van der Waals surface area contributed by atoms with Crippen molar-refractivity contribution in [1.29, 1.82) is 0 Å². The van der Waals surface area contributed by atoms with Gasteiger partial charge in [0.2, 0.25) is 0 Å². The summed E-state index contributed by atoms with van der Waals surface area (Å²) in [5, 5.41) is 4.30. The lowest BCUT2D eigenvalue weighted by atomic mass is 10.1. The van der Waals surface area contributed by atoms with Gasteiger partial charge in [-0.3, -0.25) is 0 Å². The molecule has 2 aromatic rings. The van der Waals surface area contributed by atoms with Crippen molar-refractivity contribution in [2.24, 2.45) is 0 Å². The highest BCUT2D eigenvalue weighted by atomic mass is 127. The van der Waals surface area contributed by atoms with E-state index in [0.29, 0.717) is 22.3 Å². The van der Waals surface area contributed by atoms with Crippen molar-refractivity contribution in [3.05, 3.63) is 49.4 Å². The predicted octanol–water partition coefficient (Wildman–Crippen LogP) is 4.02. The Morgan fingerprint density at radius 3 is 2.56 bits per heavy atom. The molecular formula is C12H10Cl2IN3. The Hall–Kier alpha value is -0.590. The van der Waals surface area contributed by atoms with E-state index in [-0.39, 0.29) is 0 Å². The van der Waals surface area contributed by atoms with E-state index in [1.165, 1.54) is 0 Å². The Bertz CT molecular complexity index is 555. The molecule has 0 aliphatic heterocycles. The Morgan fingerprint density at radius 2 is 1.94 bits per heavy atom. The first-order valence-electron chi connectivity index (χ1n) is 5.24. The van der Waals surface area contributed by atoms with E-state index < -0.39 is 0 Å². The summed E-state index contributed by atoms with van der Waals surface area (Å²) in [6, 6.07) is 5.45. The van der Waals surface area contributed by atoms with Crippen molar-refractivity contribution >= 4 is 51.6 Å². The molecule has 94 valence electrons. The quantitative estimate of drug-likeness (QED) is 0.800. The fourth-order valence-corrected chi connectivity index (χ4v) is 2.58. The molecule has 0 fully saturated rings. The molecule has 0 atom stereocenters. The molecule has 1 aromatic carbocycles. The van der Waals surface area contributed by atoms with E-state index in [9.17, 15) is 0 Å². The summed E-state index contributed by atoms with van der Waals surface area (Å²) in [6.07, 6.45) is 2.30. The molecule has 0 unspecified atom stereocenters. The van der Waals surface area contributed by atoms with Crippen molar-refractivity contribution in [2.45, 2.75) is 6.42 Å². The third kappa shape index (κ3) is 3.05. The number of nitrogens with one attached hydrogen (secondary N) is 1. The molecule has 1 aromatic heterocycles. The van der Waals surface area contributed by atoms with Gasteiger partial charge in [0.15, 0.2) is 0 Å². The summed E-state index contributed by atoms with van der Waals surface area (Å²) in [4.78, 5) is 8.71. The molecule has 3 nitrogen and oxygen atoms in total. The molecule has 18 heavy (non-hydrogen) atoms. The van der Waals surface area contributed by atoms with Gasteiger partial charge in [0.1, 0.15) is 11.6 Å². The fourth-order valence-electron chi connectivity index (χ4n) is 1.52. The van der Waals surface area contributed by atoms with Crippen molar-refractivity contribution in [1.82, 2.24) is 9.97 Å². The monoisotopic (exact) mass is 393 g/mol. The van der Waals surface area contributed by atoms with E-state index in [2.05, 4.69) is 37.9 Å². The topological polar surface area (TPSA) is 37.8 Å². The number of benzene rings is 1. The molecule has 1 heterocycles. The van der Waals surface area contributed by atoms with Crippen LogP contribution >= 0.6 is 45.8 Å². The first-order chi connectivity index (χ1) is 8.61. The van der Waals surface area contributed by atoms with Gasteiger partial charge in [-0.2, -0.15) is 0 Å². The zero-order valence-electron chi connectivity index (χ0n) is 9.54. The van der Waals surface area contributed by atoms with Crippen LogP contribution in [0.2, 0.25) is 10.0 Å². The molecule has 0 aliphatic rings. The molecule has 6 heteroatoms. The number of rotatable bonds is 3. The SMILES string of the molecule is CNc1nc(Cc2c(Cl)cccc2Cl)ncc1I. The molecule has 0 aliphatic carbocycles. The lowest BCUT2D eigenvalue weighted by molar-refractivity contribution is 0.963. The summed E-state index contributed by atoms with van der Waals surface area (Å²) >= 11 is 14.4. The molecule has 0 spiro atoms. The van der Waals surface area contributed by atoms with Gasteiger partial charge in [-0.1, -0.05) is 29.3 Å². The molecule has 0 bridgehead atoms. The van der Waals surface area contributed by atoms with Crippen molar-refractivity contribution in [2.75, 3.05) is 12.4 Å². The summed E-state index contributed by atoms with van der Waals surface area (Å²) in [5.41, 5.74) is 0.851. The standard InChI is InChI=1S/C12H10Cl2IN3/c1-16-12-10(15)6-17-11(18-12)5-7-8(13)3-2-4-9(7)14/h2-4,6H,5H2,1H3,(H,16,17,18). The molecular weight excluding hydrogens is 384 g/mol. The van der Waals surface area contributed by atoms with Gasteiger partial charge in [-0.15, -0.1) is 0 Å². The maximum absolute atomic E-state index is 6.13. The number of nitrogens with zero attached hydrogens (tertiary/aromatic N) is 2. The number of aromatic nitrogens is 2. The second kappa shape index (κ2) is 6.04. The van der Waals surface area contributed by atoms with E-state index in [1.807, 2.05) is 25.2 Å². The average molecular weight is 394 g/mol. The van der Waals surface area contributed by atoms with Crippen molar-refractivity contribution in [3.8, 4) is 0 Å². The normalized spacial score (nSPS) is 10.4. The van der Waals surface area contributed by atoms with Crippen molar-refractivity contribution < 1.29 is 0 Å². The lowest BCUT2D eigenvalue weighted by Gasteiger charge is -2.08. The van der Waals surface area contributed by atoms with Gasteiger partial charge in [0.05, 0.1) is 3.57 Å². The van der Waals surface area contributed by atoms with Crippen LogP contribution in [0, 0.1) is 3.57 Å². The highest BCUT2D eigenvalue weighted by Gasteiger charge is 2.10. The van der Waals surface area contributed by atoms with Crippen LogP contribution in [0.15, 0.2) is 24.4 Å². The van der Waals surface area contributed by atoms with E-state index in [1.54, 1.807) is 6.20 Å². The Labute approximate surface area is 129 Å². The van der Waals surface area contributed by atoms with Gasteiger partial charge < -0.3 is 5.32 Å². The lowest BCUT2D eigenvalue weighted by Crippen LogP contribution is -2.03. The minimum absolute atomic E-state index is 0.518. The van der Waals surface area contributed by atoms with Crippen LogP contribution in [0.1, 0.15) is 11.4 Å². The summed E-state index contributed by atoms with van der Waals surface area (Å²) in [7, 11) is 1.83. The Kier molecular flexibility index (Phi) is 4.64. The minimum Gasteiger partial charge on any atom is -0.372 e. The zero-order chi connectivity index (χ0) is 13.1. The number of hydrogen-bond acceptors (Lipinski definition) is 3. The molecule has 1 N–H and O–H groups in total. The third-order valence-corrected chi connectivity index (χ3v) is 3.93. The maximum Gasteiger partial charge on any atom is 0.142 e. The third-order valence-electron chi connectivity index (χ3n) is 2.43. The van der Waals surface area contributed by atoms with Gasteiger partial charge in [0, 0.05) is 29.7 Å². The molecule has 0 amide bonds. The highest BCUT2D eigenvalue weighted by Crippen LogP contribution is 2.26. The van der Waals surface area contributed by atoms with Crippen LogP contribution in [-0.4, -0.2) is 17.0 Å². The number of halogens is 3. The first-order valence-corrected chi connectivity index (χ1v) is 7.07. The van der Waals surface area contributed by atoms with Crippen LogP contribution in [-0.2, 0) is 6.42 Å². The largest absolute Gasteiger partial charge is 0.372 e. The second-order valence-corrected chi connectivity index (χ2v) is 5.59. The first kappa shape index (κ1) is 13.8. The zero-order valence-corrected chi connectivity index (χ0v) is 13.2.